The quantitative estimate of drug-likeness (QED) is 0.0564. The first-order chi connectivity index (χ1) is 31.8. The topological polar surface area (TPSA) is 105 Å². The minimum atomic E-state index is -2.72. The van der Waals surface area contributed by atoms with Crippen LogP contribution in [0.5, 0.6) is 0 Å². The highest BCUT2D eigenvalue weighted by molar-refractivity contribution is 6.99. The number of benzene rings is 4. The van der Waals surface area contributed by atoms with Gasteiger partial charge in [0.1, 0.15) is 39.3 Å². The normalized spacial score (nSPS) is 16.4. The van der Waals surface area contributed by atoms with Gasteiger partial charge in [-0.3, -0.25) is 19.2 Å². The molecule has 7 heterocycles. The first-order valence-electron chi connectivity index (χ1n) is 22.9. The van der Waals surface area contributed by atoms with Crippen LogP contribution in [-0.4, -0.2) is 40.0 Å². The molecular formula is C58H64O8Si2. The van der Waals surface area contributed by atoms with E-state index in [1.165, 1.54) is 0 Å². The van der Waals surface area contributed by atoms with E-state index in [-0.39, 0.29) is 46.6 Å². The van der Waals surface area contributed by atoms with Crippen LogP contribution in [0, 0.1) is 45.9 Å². The summed E-state index contributed by atoms with van der Waals surface area (Å²) in [5.41, 5.74) is 21.0. The van der Waals surface area contributed by atoms with Crippen LogP contribution in [-0.2, 0) is 64.6 Å². The number of hydrogen-bond acceptors (Lipinski definition) is 8. The summed E-state index contributed by atoms with van der Waals surface area (Å²) >= 11 is 0. The summed E-state index contributed by atoms with van der Waals surface area (Å²) in [6, 6.07) is 30.0. The fourth-order valence-electron chi connectivity index (χ4n) is 8.31. The molecule has 4 aromatic rings. The molecule has 0 aromatic heterocycles. The lowest BCUT2D eigenvalue weighted by Gasteiger charge is -2.44. The molecule has 0 fully saturated rings. The third kappa shape index (κ3) is 13.8. The second-order valence-corrected chi connectivity index (χ2v) is 31.3. The SMILES string of the molecule is CC(C)(C)[Si]1(C(C)(C)C)C#Cc2ccc(cc2)COC(=O)CC(=O)OCc2ccc(cc2)C#C[Si](C(C)(C)C)(C(C)(C)C)C#Cc2ccc(cc2)COC(=O)CC(=O)OCc2ccc(cc2)C#C1. The summed E-state index contributed by atoms with van der Waals surface area (Å²) in [4.78, 5) is 50.6. The van der Waals surface area contributed by atoms with Crippen LogP contribution in [0.3, 0.4) is 0 Å². The van der Waals surface area contributed by atoms with Gasteiger partial charge >= 0.3 is 23.9 Å². The molecule has 8 bridgehead atoms. The molecule has 0 aliphatic carbocycles. The first kappa shape index (κ1) is 52.4. The van der Waals surface area contributed by atoms with Crippen LogP contribution >= 0.6 is 0 Å². The second-order valence-electron chi connectivity index (χ2n) is 21.3. The molecule has 0 amide bonds. The van der Waals surface area contributed by atoms with E-state index in [9.17, 15) is 19.2 Å². The lowest BCUT2D eigenvalue weighted by molar-refractivity contribution is -0.157. The summed E-state index contributed by atoms with van der Waals surface area (Å²) in [6.45, 7) is 26.3. The fourth-order valence-corrected chi connectivity index (χ4v) is 17.3. The average Bonchev–Trinajstić information content (AvgIpc) is 3.25. The molecule has 10 heteroatoms. The molecule has 0 saturated carbocycles. The van der Waals surface area contributed by atoms with Gasteiger partial charge in [0.05, 0.1) is 0 Å². The summed E-state index contributed by atoms with van der Waals surface area (Å²) in [5, 5.41) is -0.853. The van der Waals surface area contributed by atoms with E-state index in [1.807, 2.05) is 97.1 Å². The molecule has 0 spiro atoms. The van der Waals surface area contributed by atoms with Gasteiger partial charge in [-0.25, -0.2) is 0 Å². The van der Waals surface area contributed by atoms with Crippen LogP contribution in [0.15, 0.2) is 97.1 Å². The van der Waals surface area contributed by atoms with Crippen molar-refractivity contribution in [3.8, 4) is 45.9 Å². The van der Waals surface area contributed by atoms with Gasteiger partial charge in [-0.05, 0) is 90.9 Å². The third-order valence-corrected chi connectivity index (χ3v) is 23.1. The van der Waals surface area contributed by atoms with E-state index in [0.717, 1.165) is 44.5 Å². The summed E-state index contributed by atoms with van der Waals surface area (Å²) < 4.78 is 21.7. The minimum Gasteiger partial charge on any atom is -0.460 e. The van der Waals surface area contributed by atoms with Crippen molar-refractivity contribution in [1.82, 2.24) is 0 Å². The van der Waals surface area contributed by atoms with Crippen molar-refractivity contribution in [3.63, 3.8) is 0 Å². The molecule has 0 atom stereocenters. The van der Waals surface area contributed by atoms with E-state index in [0.29, 0.717) is 0 Å². The molecule has 11 rings (SSSR count). The number of ether oxygens (including phenoxy) is 4. The second kappa shape index (κ2) is 21.6. The average molecular weight is 945 g/mol. The van der Waals surface area contributed by atoms with E-state index in [1.54, 1.807) is 0 Å². The van der Waals surface area contributed by atoms with Crippen molar-refractivity contribution in [3.05, 3.63) is 142 Å². The Morgan fingerprint density at radius 1 is 0.324 bits per heavy atom. The van der Waals surface area contributed by atoms with Gasteiger partial charge in [-0.1, -0.05) is 155 Å². The summed E-state index contributed by atoms with van der Waals surface area (Å²) in [5.74, 6) is 11.0. The van der Waals surface area contributed by atoms with E-state index in [4.69, 9.17) is 18.9 Å². The van der Waals surface area contributed by atoms with Gasteiger partial charge in [0, 0.05) is 22.3 Å². The lowest BCUT2D eigenvalue weighted by Crippen LogP contribution is -2.50. The maximum Gasteiger partial charge on any atom is 0.317 e. The van der Waals surface area contributed by atoms with Crippen LogP contribution in [0.4, 0.5) is 0 Å². The van der Waals surface area contributed by atoms with Gasteiger partial charge in [0.15, 0.2) is 0 Å². The largest absolute Gasteiger partial charge is 0.460 e. The smallest absolute Gasteiger partial charge is 0.317 e. The Labute approximate surface area is 406 Å². The van der Waals surface area contributed by atoms with Gasteiger partial charge < -0.3 is 18.9 Å². The molecule has 7 aliphatic rings. The van der Waals surface area contributed by atoms with Crippen molar-refractivity contribution >= 4 is 40.0 Å². The van der Waals surface area contributed by atoms with Crippen molar-refractivity contribution in [2.45, 2.75) is 143 Å². The molecule has 0 N–H and O–H groups in total. The lowest BCUT2D eigenvalue weighted by atomic mass is 10.1. The molecule has 352 valence electrons. The highest BCUT2D eigenvalue weighted by Crippen LogP contribution is 2.51. The van der Waals surface area contributed by atoms with Crippen molar-refractivity contribution in [2.24, 2.45) is 0 Å². The highest BCUT2D eigenvalue weighted by Gasteiger charge is 2.53. The van der Waals surface area contributed by atoms with Gasteiger partial charge in [0.25, 0.3) is 0 Å². The van der Waals surface area contributed by atoms with E-state index < -0.39 is 52.9 Å². The standard InChI is InChI=1S/C58H64O8Si2/c1-55(2,3)67(56(4,5)6)33-29-43-13-21-47(22-14-43)39-63-51(59)37-53(61)65-41-49-25-17-45(18-26-49)31-35-68(57(7,8)9,58(10,11)12)36-32-46-19-27-50(28-20-46)42-66-54(62)38-52(60)64-40-48-23-15-44(16-24-48)30-34-67/h13-28H,37-42H2,1-12H3. The molecule has 0 radical (unpaired) electrons. The van der Waals surface area contributed by atoms with Crippen LogP contribution in [0.1, 0.15) is 140 Å². The van der Waals surface area contributed by atoms with Crippen molar-refractivity contribution in [1.29, 1.82) is 0 Å². The number of esters is 4. The molecule has 0 saturated heterocycles. The maximum atomic E-state index is 12.6. The molecule has 68 heavy (non-hydrogen) atoms. The summed E-state index contributed by atoms with van der Waals surface area (Å²) in [6.07, 6.45) is -1.01. The minimum absolute atomic E-state index is 0.000426. The molecule has 7 aliphatic heterocycles. The molecular weight excluding hydrogens is 881 g/mol. The fraction of sp³-hybridized carbons (Fsp3) is 0.379. The zero-order chi connectivity index (χ0) is 50.0. The Hall–Kier alpha value is -6.57. The van der Waals surface area contributed by atoms with Crippen LogP contribution < -0.4 is 0 Å². The van der Waals surface area contributed by atoms with Crippen LogP contribution in [0.2, 0.25) is 20.2 Å². The Morgan fingerprint density at radius 3 is 0.662 bits per heavy atom. The Kier molecular flexibility index (Phi) is 16.6. The summed E-state index contributed by atoms with van der Waals surface area (Å²) in [7, 11) is -5.45. The monoisotopic (exact) mass is 944 g/mol. The van der Waals surface area contributed by atoms with E-state index >= 15 is 0 Å². The van der Waals surface area contributed by atoms with Gasteiger partial charge in [-0.2, -0.15) is 0 Å². The number of rotatable bonds is 0. The van der Waals surface area contributed by atoms with Gasteiger partial charge in [-0.15, -0.1) is 22.2 Å². The Bertz CT molecular complexity index is 2350. The highest BCUT2D eigenvalue weighted by atomic mass is 28.3. The molecule has 0 unspecified atom stereocenters. The van der Waals surface area contributed by atoms with Crippen LogP contribution in [0.25, 0.3) is 0 Å². The molecule has 8 nitrogen and oxygen atoms in total. The Morgan fingerprint density at radius 2 is 0.500 bits per heavy atom. The van der Waals surface area contributed by atoms with Crippen molar-refractivity contribution < 1.29 is 38.1 Å². The zero-order valence-corrected chi connectivity index (χ0v) is 43.7. The molecule has 4 aromatic carbocycles. The first-order valence-corrected chi connectivity index (χ1v) is 26.9. The predicted octanol–water partition coefficient (Wildman–Crippen LogP) is 11.4. The maximum absolute atomic E-state index is 12.6. The van der Waals surface area contributed by atoms with Crippen molar-refractivity contribution in [2.75, 3.05) is 0 Å². The number of hydrogen-bond donors (Lipinski definition) is 0. The number of carbonyl (C=O) groups is 4. The zero-order valence-electron chi connectivity index (χ0n) is 41.7. The Balaban J connectivity index is 1.41. The third-order valence-electron chi connectivity index (χ3n) is 12.1. The number of carbonyl (C=O) groups excluding carboxylic acids is 4. The van der Waals surface area contributed by atoms with E-state index in [2.05, 4.69) is 129 Å². The van der Waals surface area contributed by atoms with Gasteiger partial charge in [0.2, 0.25) is 16.1 Å². The predicted molar refractivity (Wildman–Crippen MR) is 272 cm³/mol.